The number of rotatable bonds is 2. The van der Waals surface area contributed by atoms with Gasteiger partial charge in [-0.1, -0.05) is 0 Å². The van der Waals surface area contributed by atoms with Gasteiger partial charge in [-0.05, 0) is 30.2 Å². The lowest BCUT2D eigenvalue weighted by Gasteiger charge is -2.13. The van der Waals surface area contributed by atoms with Crippen molar-refractivity contribution < 1.29 is 4.39 Å². The predicted octanol–water partition coefficient (Wildman–Crippen LogP) is 0.675. The highest BCUT2D eigenvalue weighted by Gasteiger charge is 2.10. The summed E-state index contributed by atoms with van der Waals surface area (Å²) < 4.78 is 13.0. The van der Waals surface area contributed by atoms with Gasteiger partial charge >= 0.3 is 0 Å². The zero-order valence-corrected chi connectivity index (χ0v) is 7.55. The van der Waals surface area contributed by atoms with Crippen LogP contribution in [0.2, 0.25) is 0 Å². The third-order valence-electron chi connectivity index (χ3n) is 2.04. The molecule has 0 spiro atoms. The maximum absolute atomic E-state index is 13.0. The lowest BCUT2D eigenvalue weighted by molar-refractivity contribution is 0.623. The molecule has 0 saturated carbocycles. The van der Waals surface area contributed by atoms with Crippen molar-refractivity contribution in [2.45, 2.75) is 13.0 Å². The van der Waals surface area contributed by atoms with Gasteiger partial charge in [0.05, 0.1) is 5.69 Å². The number of hydrogen-bond donors (Lipinski definition) is 3. The van der Waals surface area contributed by atoms with Crippen LogP contribution in [-0.4, -0.2) is 6.54 Å². The normalized spacial score (nSPS) is 12.9. The van der Waals surface area contributed by atoms with E-state index in [1.807, 2.05) is 6.92 Å². The van der Waals surface area contributed by atoms with Gasteiger partial charge in [0.15, 0.2) is 0 Å². The number of benzene rings is 1. The first-order chi connectivity index (χ1) is 6.06. The topological polar surface area (TPSA) is 78.1 Å². The fourth-order valence-corrected chi connectivity index (χ4v) is 1.25. The molecule has 0 saturated heterocycles. The van der Waals surface area contributed by atoms with Gasteiger partial charge in [0.1, 0.15) is 5.82 Å². The Morgan fingerprint density at radius 1 is 1.46 bits per heavy atom. The van der Waals surface area contributed by atoms with Gasteiger partial charge < -0.3 is 17.2 Å². The second-order valence-electron chi connectivity index (χ2n) is 3.07. The monoisotopic (exact) mass is 183 g/mol. The lowest BCUT2D eigenvalue weighted by atomic mass is 10.0. The number of anilines is 1. The quantitative estimate of drug-likeness (QED) is 0.590. The molecule has 0 aliphatic carbocycles. The summed E-state index contributed by atoms with van der Waals surface area (Å²) in [6, 6.07) is 2.60. The van der Waals surface area contributed by atoms with Crippen molar-refractivity contribution in [1.29, 1.82) is 0 Å². The third kappa shape index (κ3) is 1.96. The summed E-state index contributed by atoms with van der Waals surface area (Å²) in [5.74, 6) is -0.440. The van der Waals surface area contributed by atoms with Gasteiger partial charge in [0, 0.05) is 12.6 Å². The summed E-state index contributed by atoms with van der Waals surface area (Å²) in [7, 11) is 0. The van der Waals surface area contributed by atoms with E-state index in [2.05, 4.69) is 0 Å². The fraction of sp³-hybridized carbons (Fsp3) is 0.333. The lowest BCUT2D eigenvalue weighted by Crippen LogP contribution is -2.22. The first kappa shape index (κ1) is 9.95. The SMILES string of the molecule is Cc1cc(N)c(F)cc1[C@H](N)CN. The standard InChI is InChI=1S/C9H14FN3/c1-5-2-8(12)7(10)3-6(5)9(13)4-11/h2-3,9H,4,11-13H2,1H3/t9-/m1/s1. The van der Waals surface area contributed by atoms with Gasteiger partial charge in [-0.15, -0.1) is 0 Å². The molecule has 0 bridgehead atoms. The van der Waals surface area contributed by atoms with E-state index in [-0.39, 0.29) is 11.7 Å². The van der Waals surface area contributed by atoms with Crippen molar-refractivity contribution in [3.63, 3.8) is 0 Å². The number of nitrogens with two attached hydrogens (primary N) is 3. The number of halogens is 1. The van der Waals surface area contributed by atoms with E-state index in [0.29, 0.717) is 12.1 Å². The molecule has 1 rings (SSSR count). The molecular weight excluding hydrogens is 169 g/mol. The Hall–Kier alpha value is -1.13. The molecule has 0 heterocycles. The molecule has 1 aromatic carbocycles. The van der Waals surface area contributed by atoms with Crippen molar-refractivity contribution in [3.05, 3.63) is 29.1 Å². The Kier molecular flexibility index (Phi) is 2.85. The second kappa shape index (κ2) is 3.72. The van der Waals surface area contributed by atoms with Crippen molar-refractivity contribution >= 4 is 5.69 Å². The first-order valence-corrected chi connectivity index (χ1v) is 4.07. The number of hydrogen-bond acceptors (Lipinski definition) is 3. The summed E-state index contributed by atoms with van der Waals surface area (Å²) in [5.41, 5.74) is 18.2. The van der Waals surface area contributed by atoms with Crippen molar-refractivity contribution in [1.82, 2.24) is 0 Å². The van der Waals surface area contributed by atoms with E-state index in [4.69, 9.17) is 17.2 Å². The average Bonchev–Trinajstić information content (AvgIpc) is 2.10. The van der Waals surface area contributed by atoms with Gasteiger partial charge in [0.25, 0.3) is 0 Å². The van der Waals surface area contributed by atoms with Crippen LogP contribution in [0.3, 0.4) is 0 Å². The molecular formula is C9H14FN3. The van der Waals surface area contributed by atoms with Crippen LogP contribution in [0.1, 0.15) is 17.2 Å². The van der Waals surface area contributed by atoms with E-state index in [0.717, 1.165) is 5.56 Å². The molecule has 0 unspecified atom stereocenters. The summed E-state index contributed by atoms with van der Waals surface area (Å²) >= 11 is 0. The molecule has 3 nitrogen and oxygen atoms in total. The van der Waals surface area contributed by atoms with Crippen LogP contribution in [0.4, 0.5) is 10.1 Å². The van der Waals surface area contributed by atoms with Crippen LogP contribution in [0.15, 0.2) is 12.1 Å². The van der Waals surface area contributed by atoms with Gasteiger partial charge in [-0.25, -0.2) is 4.39 Å². The minimum atomic E-state index is -0.440. The summed E-state index contributed by atoms with van der Waals surface area (Å²) in [5, 5.41) is 0. The predicted molar refractivity (Wildman–Crippen MR) is 51.5 cm³/mol. The molecule has 72 valence electrons. The molecule has 0 radical (unpaired) electrons. The van der Waals surface area contributed by atoms with Crippen molar-refractivity contribution in [2.24, 2.45) is 11.5 Å². The molecule has 0 amide bonds. The highest BCUT2D eigenvalue weighted by Crippen LogP contribution is 2.20. The molecule has 13 heavy (non-hydrogen) atoms. The van der Waals surface area contributed by atoms with Crippen LogP contribution in [0.5, 0.6) is 0 Å². The highest BCUT2D eigenvalue weighted by atomic mass is 19.1. The minimum Gasteiger partial charge on any atom is -0.396 e. The van der Waals surface area contributed by atoms with E-state index in [1.54, 1.807) is 6.07 Å². The Morgan fingerprint density at radius 2 is 2.08 bits per heavy atom. The molecule has 0 aromatic heterocycles. The van der Waals surface area contributed by atoms with E-state index in [1.165, 1.54) is 6.07 Å². The number of aryl methyl sites for hydroxylation is 1. The summed E-state index contributed by atoms with van der Waals surface area (Å²) in [6.07, 6.45) is 0. The van der Waals surface area contributed by atoms with E-state index in [9.17, 15) is 4.39 Å². The Bertz CT molecular complexity index is 312. The molecule has 4 heteroatoms. The molecule has 0 aliphatic heterocycles. The van der Waals surface area contributed by atoms with Gasteiger partial charge in [0.2, 0.25) is 0 Å². The van der Waals surface area contributed by atoms with Crippen LogP contribution in [-0.2, 0) is 0 Å². The van der Waals surface area contributed by atoms with Crippen LogP contribution >= 0.6 is 0 Å². The largest absolute Gasteiger partial charge is 0.396 e. The first-order valence-electron chi connectivity index (χ1n) is 4.07. The molecule has 1 atom stereocenters. The second-order valence-corrected chi connectivity index (χ2v) is 3.07. The molecule has 0 aliphatic rings. The Balaban J connectivity index is 3.15. The molecule has 6 N–H and O–H groups in total. The number of nitrogen functional groups attached to an aromatic ring is 1. The van der Waals surface area contributed by atoms with E-state index >= 15 is 0 Å². The minimum absolute atomic E-state index is 0.144. The maximum Gasteiger partial charge on any atom is 0.146 e. The zero-order chi connectivity index (χ0) is 10.0. The van der Waals surface area contributed by atoms with E-state index < -0.39 is 5.82 Å². The average molecular weight is 183 g/mol. The van der Waals surface area contributed by atoms with Crippen LogP contribution < -0.4 is 17.2 Å². The van der Waals surface area contributed by atoms with Crippen LogP contribution in [0.25, 0.3) is 0 Å². The van der Waals surface area contributed by atoms with Gasteiger partial charge in [-0.2, -0.15) is 0 Å². The smallest absolute Gasteiger partial charge is 0.146 e. The van der Waals surface area contributed by atoms with Gasteiger partial charge in [-0.3, -0.25) is 0 Å². The molecule has 0 fully saturated rings. The third-order valence-corrected chi connectivity index (χ3v) is 2.04. The Labute approximate surface area is 76.7 Å². The zero-order valence-electron chi connectivity index (χ0n) is 7.55. The molecule has 1 aromatic rings. The summed E-state index contributed by atoms with van der Waals surface area (Å²) in [4.78, 5) is 0. The Morgan fingerprint density at radius 3 is 2.62 bits per heavy atom. The van der Waals surface area contributed by atoms with Crippen LogP contribution in [0, 0.1) is 12.7 Å². The highest BCUT2D eigenvalue weighted by molar-refractivity contribution is 5.46. The maximum atomic E-state index is 13.0. The van der Waals surface area contributed by atoms with Crippen molar-refractivity contribution in [2.75, 3.05) is 12.3 Å². The fourth-order valence-electron chi connectivity index (χ4n) is 1.25. The van der Waals surface area contributed by atoms with Crippen molar-refractivity contribution in [3.8, 4) is 0 Å². The summed E-state index contributed by atoms with van der Waals surface area (Å²) in [6.45, 7) is 2.13.